The molecule has 1 unspecified atom stereocenters. The lowest BCUT2D eigenvalue weighted by atomic mass is 10.1. The molecule has 7 heteroatoms. The summed E-state index contributed by atoms with van der Waals surface area (Å²) in [7, 11) is 0. The van der Waals surface area contributed by atoms with Crippen molar-refractivity contribution in [2.24, 2.45) is 0 Å². The Kier molecular flexibility index (Phi) is 4.63. The maximum Gasteiger partial charge on any atom is 0.265 e. The molecule has 25 heavy (non-hydrogen) atoms. The summed E-state index contributed by atoms with van der Waals surface area (Å²) in [5.41, 5.74) is 0.951. The number of imide groups is 1. The predicted molar refractivity (Wildman–Crippen MR) is 87.6 cm³/mol. The molecule has 3 rings (SSSR count). The lowest BCUT2D eigenvalue weighted by molar-refractivity contribution is 0.0704. The maximum atomic E-state index is 12.5. The first-order valence-electron chi connectivity index (χ1n) is 8.02. The van der Waals surface area contributed by atoms with Crippen LogP contribution in [0.5, 0.6) is 0 Å². The van der Waals surface area contributed by atoms with Crippen molar-refractivity contribution in [1.29, 1.82) is 5.26 Å². The second kappa shape index (κ2) is 6.87. The zero-order valence-corrected chi connectivity index (χ0v) is 13.7. The maximum absolute atomic E-state index is 12.5. The van der Waals surface area contributed by atoms with Gasteiger partial charge in [0.15, 0.2) is 0 Å². The fraction of sp³-hybridized carbons (Fsp3) is 0.333. The van der Waals surface area contributed by atoms with E-state index in [-0.39, 0.29) is 28.8 Å². The van der Waals surface area contributed by atoms with Gasteiger partial charge in [-0.1, -0.05) is 0 Å². The van der Waals surface area contributed by atoms with Crippen molar-refractivity contribution in [2.75, 3.05) is 13.2 Å². The Morgan fingerprint density at radius 2 is 2.16 bits per heavy atom. The van der Waals surface area contributed by atoms with E-state index < -0.39 is 11.8 Å². The minimum absolute atomic E-state index is 0.0239. The first-order valence-corrected chi connectivity index (χ1v) is 8.02. The largest absolute Gasteiger partial charge is 0.376 e. The average Bonchev–Trinajstić information content (AvgIpc) is 3.20. The quantitative estimate of drug-likeness (QED) is 0.664. The molecule has 0 aromatic heterocycles. The summed E-state index contributed by atoms with van der Waals surface area (Å²) >= 11 is 0. The molecule has 0 saturated carbocycles. The van der Waals surface area contributed by atoms with Crippen LogP contribution in [0.2, 0.25) is 0 Å². The number of carbonyl (C=O) groups excluding carboxylic acids is 3. The molecule has 0 bridgehead atoms. The first-order chi connectivity index (χ1) is 12.0. The van der Waals surface area contributed by atoms with E-state index in [1.54, 1.807) is 6.07 Å². The van der Waals surface area contributed by atoms with Gasteiger partial charge in [-0.05, 0) is 38.0 Å². The third-order valence-electron chi connectivity index (χ3n) is 4.29. The van der Waals surface area contributed by atoms with Crippen molar-refractivity contribution in [1.82, 2.24) is 10.2 Å². The second-order valence-electron chi connectivity index (χ2n) is 5.97. The highest BCUT2D eigenvalue weighted by atomic mass is 16.5. The van der Waals surface area contributed by atoms with Crippen LogP contribution in [0.3, 0.4) is 0 Å². The number of carbonyl (C=O) groups is 3. The van der Waals surface area contributed by atoms with E-state index in [0.29, 0.717) is 18.7 Å². The minimum Gasteiger partial charge on any atom is -0.376 e. The number of nitrogens with zero attached hydrogens (tertiary/aromatic N) is 2. The summed E-state index contributed by atoms with van der Waals surface area (Å²) in [6.07, 6.45) is 3.06. The van der Waals surface area contributed by atoms with Gasteiger partial charge >= 0.3 is 0 Å². The molecular weight excluding hydrogens is 322 g/mol. The molecule has 0 radical (unpaired) electrons. The molecule has 2 heterocycles. The summed E-state index contributed by atoms with van der Waals surface area (Å²) < 4.78 is 5.46. The molecule has 1 fully saturated rings. The number of ether oxygens (including phenoxy) is 1. The lowest BCUT2D eigenvalue weighted by Crippen LogP contribution is -2.31. The number of benzene rings is 1. The summed E-state index contributed by atoms with van der Waals surface area (Å²) in [4.78, 5) is 38.0. The number of fused-ring (bicyclic) bond motifs is 1. The zero-order valence-electron chi connectivity index (χ0n) is 13.7. The molecule has 1 aromatic rings. The van der Waals surface area contributed by atoms with E-state index in [1.807, 2.05) is 0 Å². The SMILES string of the molecule is C/C(=C\C#N)N1C(=O)c2ccc(C(=O)NCC3CCCO3)cc2C1=O. The van der Waals surface area contributed by atoms with Crippen molar-refractivity contribution in [3.8, 4) is 6.07 Å². The van der Waals surface area contributed by atoms with Crippen LogP contribution in [0.25, 0.3) is 0 Å². The van der Waals surface area contributed by atoms with Crippen LogP contribution >= 0.6 is 0 Å². The van der Waals surface area contributed by atoms with E-state index >= 15 is 0 Å². The zero-order chi connectivity index (χ0) is 18.0. The third kappa shape index (κ3) is 3.16. The molecule has 1 atom stereocenters. The molecule has 7 nitrogen and oxygen atoms in total. The Labute approximate surface area is 144 Å². The van der Waals surface area contributed by atoms with E-state index in [1.165, 1.54) is 25.1 Å². The molecule has 3 amide bonds. The van der Waals surface area contributed by atoms with Gasteiger partial charge in [0.2, 0.25) is 0 Å². The highest BCUT2D eigenvalue weighted by Crippen LogP contribution is 2.27. The summed E-state index contributed by atoms with van der Waals surface area (Å²) in [5.74, 6) is -1.34. The topological polar surface area (TPSA) is 99.5 Å². The van der Waals surface area contributed by atoms with Gasteiger partial charge in [0.1, 0.15) is 0 Å². The Balaban J connectivity index is 1.78. The van der Waals surface area contributed by atoms with Gasteiger partial charge in [-0.2, -0.15) is 5.26 Å². The standard InChI is InChI=1S/C18H17N3O4/c1-11(6-7-19)21-17(23)14-5-4-12(9-15(14)18(21)24)16(22)20-10-13-3-2-8-25-13/h4-6,9,13H,2-3,8,10H2,1H3,(H,20,22)/b11-6+. The van der Waals surface area contributed by atoms with Crippen molar-refractivity contribution in [3.05, 3.63) is 46.7 Å². The van der Waals surface area contributed by atoms with E-state index in [2.05, 4.69) is 5.32 Å². The lowest BCUT2D eigenvalue weighted by Gasteiger charge is -2.12. The number of hydrogen-bond donors (Lipinski definition) is 1. The van der Waals surface area contributed by atoms with Gasteiger partial charge < -0.3 is 10.1 Å². The van der Waals surface area contributed by atoms with Gasteiger partial charge in [-0.15, -0.1) is 0 Å². The normalized spacial score (nSPS) is 19.8. The van der Waals surface area contributed by atoms with Crippen molar-refractivity contribution >= 4 is 17.7 Å². The van der Waals surface area contributed by atoms with E-state index in [0.717, 1.165) is 23.8 Å². The molecular formula is C18H17N3O4. The van der Waals surface area contributed by atoms with Crippen molar-refractivity contribution < 1.29 is 19.1 Å². The number of amides is 3. The van der Waals surface area contributed by atoms with Crippen LogP contribution in [0.1, 0.15) is 50.8 Å². The number of nitrogens with one attached hydrogen (secondary N) is 1. The molecule has 1 aromatic carbocycles. The molecule has 1 N–H and O–H groups in total. The fourth-order valence-electron chi connectivity index (χ4n) is 2.97. The summed E-state index contributed by atoms with van der Waals surface area (Å²) in [5, 5.41) is 11.5. The highest BCUT2D eigenvalue weighted by molar-refractivity contribution is 6.23. The van der Waals surface area contributed by atoms with Gasteiger partial charge in [0.05, 0.1) is 23.3 Å². The predicted octanol–water partition coefficient (Wildman–Crippen LogP) is 1.62. The van der Waals surface area contributed by atoms with Crippen molar-refractivity contribution in [3.63, 3.8) is 0 Å². The van der Waals surface area contributed by atoms with Crippen LogP contribution in [-0.2, 0) is 4.74 Å². The monoisotopic (exact) mass is 339 g/mol. The fourth-order valence-corrected chi connectivity index (χ4v) is 2.97. The Hall–Kier alpha value is -2.98. The number of hydrogen-bond acceptors (Lipinski definition) is 5. The molecule has 2 aliphatic rings. The van der Waals surface area contributed by atoms with Gasteiger partial charge in [0.25, 0.3) is 17.7 Å². The van der Waals surface area contributed by atoms with E-state index in [9.17, 15) is 14.4 Å². The molecule has 1 saturated heterocycles. The van der Waals surface area contributed by atoms with Crippen molar-refractivity contribution in [2.45, 2.75) is 25.9 Å². The minimum atomic E-state index is -0.530. The molecule has 2 aliphatic heterocycles. The van der Waals surface area contributed by atoms with Crippen LogP contribution in [0.4, 0.5) is 0 Å². The first kappa shape index (κ1) is 16.9. The summed E-state index contributed by atoms with van der Waals surface area (Å²) in [6.45, 7) is 2.64. The Morgan fingerprint density at radius 3 is 2.84 bits per heavy atom. The van der Waals surface area contributed by atoms with Crippen LogP contribution in [0.15, 0.2) is 30.0 Å². The van der Waals surface area contributed by atoms with Gasteiger partial charge in [-0.25, -0.2) is 4.90 Å². The van der Waals surface area contributed by atoms with Crippen LogP contribution < -0.4 is 5.32 Å². The third-order valence-corrected chi connectivity index (χ3v) is 4.29. The molecule has 0 spiro atoms. The highest BCUT2D eigenvalue weighted by Gasteiger charge is 2.37. The molecule has 0 aliphatic carbocycles. The Bertz CT molecular complexity index is 816. The van der Waals surface area contributed by atoms with Gasteiger partial charge in [-0.3, -0.25) is 14.4 Å². The molecule has 128 valence electrons. The number of allylic oxidation sites excluding steroid dienone is 2. The van der Waals surface area contributed by atoms with Crippen LogP contribution in [0, 0.1) is 11.3 Å². The van der Waals surface area contributed by atoms with Gasteiger partial charge in [0, 0.05) is 30.5 Å². The summed E-state index contributed by atoms with van der Waals surface area (Å²) in [6, 6.07) is 6.20. The smallest absolute Gasteiger partial charge is 0.265 e. The second-order valence-corrected chi connectivity index (χ2v) is 5.97. The average molecular weight is 339 g/mol. The number of rotatable bonds is 4. The van der Waals surface area contributed by atoms with E-state index in [4.69, 9.17) is 10.00 Å². The Morgan fingerprint density at radius 1 is 1.40 bits per heavy atom. The number of nitriles is 1. The van der Waals surface area contributed by atoms with Crippen LogP contribution in [-0.4, -0.2) is 41.9 Å².